The van der Waals surface area contributed by atoms with Crippen molar-refractivity contribution in [3.8, 4) is 11.5 Å². The van der Waals surface area contributed by atoms with Crippen LogP contribution < -0.4 is 20.1 Å². The second-order valence-corrected chi connectivity index (χ2v) is 6.72. The van der Waals surface area contributed by atoms with Crippen LogP contribution in [-0.4, -0.2) is 64.7 Å². The molecule has 0 unspecified atom stereocenters. The number of nitrogens with one attached hydrogen (secondary N) is 2. The Hall–Kier alpha value is -1.71. The lowest BCUT2D eigenvalue weighted by Gasteiger charge is -2.34. The molecule has 1 saturated heterocycles. The molecule has 8 heteroatoms. The number of aliphatic imine (C=N–C) groups is 1. The molecule has 2 rings (SSSR count). The lowest BCUT2D eigenvalue weighted by molar-refractivity contribution is -0.121. The maximum absolute atomic E-state index is 11.5. The Kier molecular flexibility index (Phi) is 11.0. The molecule has 0 spiro atoms. The van der Waals surface area contributed by atoms with Gasteiger partial charge in [-0.05, 0) is 42.9 Å². The van der Waals surface area contributed by atoms with Crippen LogP contribution in [0.4, 0.5) is 0 Å². The quantitative estimate of drug-likeness (QED) is 0.339. The van der Waals surface area contributed by atoms with E-state index in [0.717, 1.165) is 56.4 Å². The van der Waals surface area contributed by atoms with E-state index >= 15 is 0 Å². The molecule has 0 radical (unpaired) electrons. The second kappa shape index (κ2) is 12.7. The van der Waals surface area contributed by atoms with E-state index < -0.39 is 0 Å². The molecule has 0 aromatic heterocycles. The Morgan fingerprint density at radius 2 is 1.89 bits per heavy atom. The number of likely N-dealkylation sites (tertiary alicyclic amines) is 1. The van der Waals surface area contributed by atoms with Crippen LogP contribution in [-0.2, 0) is 11.2 Å². The first-order valence-electron chi connectivity index (χ1n) is 9.48. The number of rotatable bonds is 7. The molecule has 1 aliphatic rings. The summed E-state index contributed by atoms with van der Waals surface area (Å²) in [4.78, 5) is 18.2. The molecule has 1 aromatic rings. The molecule has 0 atom stereocenters. The highest BCUT2D eigenvalue weighted by molar-refractivity contribution is 14.0. The number of guanidine groups is 1. The van der Waals surface area contributed by atoms with Crippen molar-refractivity contribution < 1.29 is 14.3 Å². The molecule has 0 bridgehead atoms. The molecule has 7 nitrogen and oxygen atoms in total. The first kappa shape index (κ1) is 24.3. The van der Waals surface area contributed by atoms with Crippen LogP contribution >= 0.6 is 24.0 Å². The van der Waals surface area contributed by atoms with Gasteiger partial charge in [-0.25, -0.2) is 0 Å². The third-order valence-electron chi connectivity index (χ3n) is 5.02. The average molecular weight is 504 g/mol. The van der Waals surface area contributed by atoms with Crippen LogP contribution in [0.25, 0.3) is 0 Å². The monoisotopic (exact) mass is 504 g/mol. The van der Waals surface area contributed by atoms with Crippen LogP contribution in [0.3, 0.4) is 0 Å². The van der Waals surface area contributed by atoms with Crippen molar-refractivity contribution in [3.05, 3.63) is 23.8 Å². The van der Waals surface area contributed by atoms with E-state index in [-0.39, 0.29) is 29.9 Å². The minimum Gasteiger partial charge on any atom is -0.493 e. The third-order valence-corrected chi connectivity index (χ3v) is 5.02. The van der Waals surface area contributed by atoms with Gasteiger partial charge < -0.3 is 25.0 Å². The SMILES string of the molecule is CN=C(NCCc1ccc(OC)c(OC)c1)N1CCC(CC(=O)NC)CC1.I. The van der Waals surface area contributed by atoms with Gasteiger partial charge in [-0.2, -0.15) is 0 Å². The first-order valence-corrected chi connectivity index (χ1v) is 9.48. The van der Waals surface area contributed by atoms with Gasteiger partial charge in [-0.15, -0.1) is 24.0 Å². The van der Waals surface area contributed by atoms with Crippen molar-refractivity contribution in [1.29, 1.82) is 0 Å². The van der Waals surface area contributed by atoms with E-state index in [9.17, 15) is 4.79 Å². The lowest BCUT2D eigenvalue weighted by atomic mass is 9.93. The van der Waals surface area contributed by atoms with E-state index in [1.54, 1.807) is 21.3 Å². The summed E-state index contributed by atoms with van der Waals surface area (Å²) in [6.07, 6.45) is 3.52. The third kappa shape index (κ3) is 7.03. The number of hydrogen-bond acceptors (Lipinski definition) is 4. The summed E-state index contributed by atoms with van der Waals surface area (Å²) >= 11 is 0. The van der Waals surface area contributed by atoms with E-state index in [0.29, 0.717) is 12.3 Å². The smallest absolute Gasteiger partial charge is 0.220 e. The highest BCUT2D eigenvalue weighted by Gasteiger charge is 2.22. The van der Waals surface area contributed by atoms with E-state index in [1.165, 1.54) is 5.56 Å². The number of hydrogen-bond donors (Lipinski definition) is 2. The van der Waals surface area contributed by atoms with Gasteiger partial charge in [0.25, 0.3) is 0 Å². The van der Waals surface area contributed by atoms with Gasteiger partial charge in [-0.1, -0.05) is 6.07 Å². The predicted molar refractivity (Wildman–Crippen MR) is 123 cm³/mol. The zero-order valence-electron chi connectivity index (χ0n) is 17.3. The van der Waals surface area contributed by atoms with Crippen molar-refractivity contribution in [2.75, 3.05) is 47.9 Å². The fourth-order valence-electron chi connectivity index (χ4n) is 3.40. The summed E-state index contributed by atoms with van der Waals surface area (Å²) in [5.41, 5.74) is 1.18. The topological polar surface area (TPSA) is 75.2 Å². The average Bonchev–Trinajstić information content (AvgIpc) is 2.71. The van der Waals surface area contributed by atoms with Gasteiger partial charge in [0.1, 0.15) is 0 Å². The Morgan fingerprint density at radius 1 is 1.21 bits per heavy atom. The molecule has 1 amide bonds. The number of benzene rings is 1. The maximum Gasteiger partial charge on any atom is 0.220 e. The van der Waals surface area contributed by atoms with E-state index in [2.05, 4.69) is 26.6 Å². The second-order valence-electron chi connectivity index (χ2n) is 6.72. The summed E-state index contributed by atoms with van der Waals surface area (Å²) in [5.74, 6) is 3.01. The minimum atomic E-state index is 0. The molecule has 1 aliphatic heterocycles. The van der Waals surface area contributed by atoms with Gasteiger partial charge in [0.2, 0.25) is 5.91 Å². The summed E-state index contributed by atoms with van der Waals surface area (Å²) in [6.45, 7) is 2.65. The van der Waals surface area contributed by atoms with E-state index in [4.69, 9.17) is 9.47 Å². The number of carbonyl (C=O) groups excluding carboxylic acids is 1. The van der Waals surface area contributed by atoms with E-state index in [1.807, 2.05) is 19.2 Å². The molecule has 2 N–H and O–H groups in total. The summed E-state index contributed by atoms with van der Waals surface area (Å²) < 4.78 is 10.6. The molecule has 0 aliphatic carbocycles. The van der Waals surface area contributed by atoms with Crippen molar-refractivity contribution >= 4 is 35.8 Å². The van der Waals surface area contributed by atoms with Gasteiger partial charge in [-0.3, -0.25) is 9.79 Å². The van der Waals surface area contributed by atoms with Crippen molar-refractivity contribution in [3.63, 3.8) is 0 Å². The van der Waals surface area contributed by atoms with Crippen molar-refractivity contribution in [2.24, 2.45) is 10.9 Å². The number of nitrogens with zero attached hydrogens (tertiary/aromatic N) is 2. The highest BCUT2D eigenvalue weighted by Crippen LogP contribution is 2.27. The number of halogens is 1. The number of ether oxygens (including phenoxy) is 2. The molecule has 158 valence electrons. The molecule has 28 heavy (non-hydrogen) atoms. The maximum atomic E-state index is 11.5. The molecule has 1 aromatic carbocycles. The molecular weight excluding hydrogens is 471 g/mol. The normalized spacial score (nSPS) is 14.9. The molecule has 1 heterocycles. The van der Waals surface area contributed by atoms with Crippen molar-refractivity contribution in [1.82, 2.24) is 15.5 Å². The summed E-state index contributed by atoms with van der Waals surface area (Å²) in [7, 11) is 6.80. The Morgan fingerprint density at radius 3 is 2.46 bits per heavy atom. The number of carbonyl (C=O) groups is 1. The molecule has 0 saturated carbocycles. The number of amides is 1. The standard InChI is InChI=1S/C20H32N4O3.HI/c1-21-19(25)14-16-8-11-24(12-9-16)20(22-2)23-10-7-15-5-6-17(26-3)18(13-15)27-4;/h5-6,13,16H,7-12,14H2,1-4H3,(H,21,25)(H,22,23);1H. The Labute approximate surface area is 185 Å². The largest absolute Gasteiger partial charge is 0.493 e. The number of methoxy groups -OCH3 is 2. The van der Waals surface area contributed by atoms with Crippen LogP contribution in [0.15, 0.2) is 23.2 Å². The predicted octanol–water partition coefficient (Wildman–Crippen LogP) is 2.29. The fraction of sp³-hybridized carbons (Fsp3) is 0.600. The van der Waals surface area contributed by atoms with Gasteiger partial charge in [0.05, 0.1) is 14.2 Å². The Balaban J connectivity index is 0.00000392. The minimum absolute atomic E-state index is 0. The van der Waals surface area contributed by atoms with Gasteiger partial charge in [0.15, 0.2) is 17.5 Å². The highest BCUT2D eigenvalue weighted by atomic mass is 127. The lowest BCUT2D eigenvalue weighted by Crippen LogP contribution is -2.46. The Bertz CT molecular complexity index is 646. The van der Waals surface area contributed by atoms with Crippen molar-refractivity contribution in [2.45, 2.75) is 25.7 Å². The first-order chi connectivity index (χ1) is 13.1. The molecule has 1 fully saturated rings. The van der Waals surface area contributed by atoms with Crippen LogP contribution in [0.5, 0.6) is 11.5 Å². The number of piperidine rings is 1. The molecular formula is C20H33IN4O3. The van der Waals surface area contributed by atoms with Gasteiger partial charge in [0, 0.05) is 40.2 Å². The van der Waals surface area contributed by atoms with Crippen LogP contribution in [0.1, 0.15) is 24.8 Å². The summed E-state index contributed by atoms with van der Waals surface area (Å²) in [6, 6.07) is 5.99. The zero-order chi connectivity index (χ0) is 19.6. The zero-order valence-corrected chi connectivity index (χ0v) is 19.6. The van der Waals surface area contributed by atoms with Gasteiger partial charge >= 0.3 is 0 Å². The van der Waals surface area contributed by atoms with Crippen LogP contribution in [0.2, 0.25) is 0 Å². The fourth-order valence-corrected chi connectivity index (χ4v) is 3.40. The summed E-state index contributed by atoms with van der Waals surface area (Å²) in [5, 5.41) is 6.16. The van der Waals surface area contributed by atoms with Crippen LogP contribution in [0, 0.1) is 5.92 Å².